The van der Waals surface area contributed by atoms with E-state index in [9.17, 15) is 14.7 Å². The number of ether oxygens (including phenoxy) is 2. The largest absolute Gasteiger partial charge is 0.507 e. The second-order valence-electron chi connectivity index (χ2n) is 4.93. The second-order valence-corrected chi connectivity index (χ2v) is 4.93. The first-order chi connectivity index (χ1) is 9.69. The minimum atomic E-state index is -1.74. The second kappa shape index (κ2) is 5.23. The minimum Gasteiger partial charge on any atom is -0.507 e. The molecule has 7 nitrogen and oxygen atoms in total. The third kappa shape index (κ3) is 3.23. The normalized spacial score (nSPS) is 17.0. The molecule has 0 aromatic heterocycles. The van der Waals surface area contributed by atoms with E-state index in [2.05, 4.69) is 0 Å². The van der Waals surface area contributed by atoms with E-state index < -0.39 is 30.4 Å². The zero-order valence-corrected chi connectivity index (χ0v) is 11.4. The van der Waals surface area contributed by atoms with Crippen LogP contribution >= 0.6 is 0 Å². The number of esters is 2. The molecule has 2 rings (SSSR count). The topological polar surface area (TPSA) is 113 Å². The Morgan fingerprint density at radius 1 is 1.14 bits per heavy atom. The van der Waals surface area contributed by atoms with Crippen molar-refractivity contribution in [3.05, 3.63) is 29.3 Å². The molecule has 1 aromatic rings. The Morgan fingerprint density at radius 3 is 2.24 bits per heavy atom. The molecule has 1 aliphatic heterocycles. The lowest BCUT2D eigenvalue weighted by molar-refractivity contribution is -0.222. The fourth-order valence-electron chi connectivity index (χ4n) is 1.78. The van der Waals surface area contributed by atoms with Gasteiger partial charge < -0.3 is 24.6 Å². The minimum absolute atomic E-state index is 0.0595. The molecule has 110 valence electrons. The van der Waals surface area contributed by atoms with Gasteiger partial charge in [0.25, 0.3) is 5.79 Å². The van der Waals surface area contributed by atoms with Crippen LogP contribution < -0.4 is 5.46 Å². The van der Waals surface area contributed by atoms with E-state index >= 15 is 0 Å². The van der Waals surface area contributed by atoms with Crippen molar-refractivity contribution in [2.45, 2.75) is 19.6 Å². The summed E-state index contributed by atoms with van der Waals surface area (Å²) in [6.45, 7) is 2.83. The first kappa shape index (κ1) is 15.1. The highest BCUT2D eigenvalue weighted by Crippen LogP contribution is 2.26. The zero-order valence-electron chi connectivity index (χ0n) is 11.4. The van der Waals surface area contributed by atoms with Crippen molar-refractivity contribution in [1.29, 1.82) is 0 Å². The molecular weight excluding hydrogens is 279 g/mol. The highest BCUT2D eigenvalue weighted by Gasteiger charge is 2.39. The smallest absolute Gasteiger partial charge is 0.488 e. The van der Waals surface area contributed by atoms with Crippen LogP contribution in [0.2, 0.25) is 0 Å². The average Bonchev–Trinajstić information content (AvgIpc) is 2.34. The molecular formula is C13H13BO7. The summed E-state index contributed by atoms with van der Waals surface area (Å²) in [4.78, 5) is 23.6. The summed E-state index contributed by atoms with van der Waals surface area (Å²) in [7, 11) is -1.74. The maximum absolute atomic E-state index is 11.8. The van der Waals surface area contributed by atoms with Gasteiger partial charge in [-0.1, -0.05) is 12.1 Å². The van der Waals surface area contributed by atoms with Crippen LogP contribution in [0.4, 0.5) is 0 Å². The molecule has 1 heterocycles. The quantitative estimate of drug-likeness (QED) is 0.285. The number of phenols is 1. The van der Waals surface area contributed by atoms with Crippen LogP contribution in [0.5, 0.6) is 5.75 Å². The summed E-state index contributed by atoms with van der Waals surface area (Å²) in [5.74, 6) is -3.36. The predicted molar refractivity (Wildman–Crippen MR) is 72.2 cm³/mol. The molecule has 3 N–H and O–H groups in total. The van der Waals surface area contributed by atoms with Crippen molar-refractivity contribution in [3.63, 3.8) is 0 Å². The number of aromatic hydroxyl groups is 1. The lowest BCUT2D eigenvalue weighted by atomic mass is 9.79. The number of carbonyl (C=O) groups is 2. The zero-order chi connectivity index (χ0) is 15.8. The van der Waals surface area contributed by atoms with Crippen molar-refractivity contribution < 1.29 is 34.2 Å². The fraction of sp³-hybridized carbons (Fsp3) is 0.231. The van der Waals surface area contributed by atoms with Crippen molar-refractivity contribution in [2.75, 3.05) is 0 Å². The van der Waals surface area contributed by atoms with Gasteiger partial charge in [0.15, 0.2) is 0 Å². The number of rotatable bonds is 2. The van der Waals surface area contributed by atoms with Gasteiger partial charge in [-0.25, -0.2) is 9.59 Å². The summed E-state index contributed by atoms with van der Waals surface area (Å²) in [5, 5.41) is 27.9. The molecule has 8 heteroatoms. The summed E-state index contributed by atoms with van der Waals surface area (Å²) >= 11 is 0. The molecule has 0 bridgehead atoms. The van der Waals surface area contributed by atoms with Crippen LogP contribution in [0.3, 0.4) is 0 Å². The van der Waals surface area contributed by atoms with E-state index in [4.69, 9.17) is 19.5 Å². The first-order valence-electron chi connectivity index (χ1n) is 6.07. The Morgan fingerprint density at radius 2 is 1.71 bits per heavy atom. The number of hydrogen-bond acceptors (Lipinski definition) is 7. The number of hydrogen-bond donors (Lipinski definition) is 3. The third-order valence-electron chi connectivity index (χ3n) is 2.77. The van der Waals surface area contributed by atoms with E-state index in [1.165, 1.54) is 32.0 Å². The fourth-order valence-corrected chi connectivity index (χ4v) is 1.78. The van der Waals surface area contributed by atoms with Gasteiger partial charge in [0, 0.05) is 19.4 Å². The molecule has 0 spiro atoms. The molecule has 0 amide bonds. The Kier molecular flexibility index (Phi) is 3.76. The van der Waals surface area contributed by atoms with Crippen molar-refractivity contribution in [2.24, 2.45) is 0 Å². The van der Waals surface area contributed by atoms with E-state index in [0.29, 0.717) is 0 Å². The summed E-state index contributed by atoms with van der Waals surface area (Å²) in [6, 6.07) is 3.74. The van der Waals surface area contributed by atoms with Gasteiger partial charge in [0.1, 0.15) is 11.3 Å². The van der Waals surface area contributed by atoms with Crippen molar-refractivity contribution in [3.8, 4) is 5.75 Å². The van der Waals surface area contributed by atoms with Gasteiger partial charge in [0.2, 0.25) is 0 Å². The Labute approximate surface area is 120 Å². The highest BCUT2D eigenvalue weighted by atomic mass is 16.7. The Bertz CT molecular complexity index is 611. The van der Waals surface area contributed by atoms with Crippen LogP contribution in [0.1, 0.15) is 19.4 Å². The van der Waals surface area contributed by atoms with Crippen LogP contribution in [-0.2, 0) is 19.1 Å². The average molecular weight is 292 g/mol. The lowest BCUT2D eigenvalue weighted by Gasteiger charge is -2.29. The van der Waals surface area contributed by atoms with Gasteiger partial charge in [-0.2, -0.15) is 0 Å². The molecule has 21 heavy (non-hydrogen) atoms. The van der Waals surface area contributed by atoms with Gasteiger partial charge in [0.05, 0.1) is 0 Å². The van der Waals surface area contributed by atoms with Crippen LogP contribution in [-0.4, -0.2) is 40.0 Å². The molecule has 0 radical (unpaired) electrons. The van der Waals surface area contributed by atoms with Crippen LogP contribution in [0, 0.1) is 0 Å². The maximum Gasteiger partial charge on any atom is 0.488 e. The van der Waals surface area contributed by atoms with Crippen LogP contribution in [0.15, 0.2) is 23.8 Å². The predicted octanol–water partition coefficient (Wildman–Crippen LogP) is -0.709. The van der Waals surface area contributed by atoms with E-state index in [-0.39, 0.29) is 16.8 Å². The number of carbonyl (C=O) groups excluding carboxylic acids is 2. The summed E-state index contributed by atoms with van der Waals surface area (Å²) in [5.41, 5.74) is -0.240. The molecule has 1 fully saturated rings. The standard InChI is InChI=1S/C13H13BO7/c1-13(2)20-11(16)9(12(17)21-13)6-7-5-8(14(18)19)3-4-10(7)15/h3-6,15,18-19H,1-2H3. The SMILES string of the molecule is CC1(C)OC(=O)C(=Cc2cc(B(O)O)ccc2O)C(=O)O1. The molecule has 0 unspecified atom stereocenters. The molecule has 1 aliphatic rings. The Hall–Kier alpha value is -2.32. The number of phenolic OH excluding ortho intramolecular Hbond substituents is 1. The van der Waals surface area contributed by atoms with E-state index in [0.717, 1.165) is 6.08 Å². The van der Waals surface area contributed by atoms with Gasteiger partial charge in [-0.15, -0.1) is 0 Å². The van der Waals surface area contributed by atoms with Crippen molar-refractivity contribution in [1.82, 2.24) is 0 Å². The third-order valence-corrected chi connectivity index (χ3v) is 2.77. The number of cyclic esters (lactones) is 2. The monoisotopic (exact) mass is 292 g/mol. The van der Waals surface area contributed by atoms with Crippen molar-refractivity contribution >= 4 is 30.6 Å². The summed E-state index contributed by atoms with van der Waals surface area (Å²) in [6.07, 6.45) is 1.07. The lowest BCUT2D eigenvalue weighted by Crippen LogP contribution is -2.41. The summed E-state index contributed by atoms with van der Waals surface area (Å²) < 4.78 is 9.83. The molecule has 1 aromatic carbocycles. The molecule has 0 saturated carbocycles. The van der Waals surface area contributed by atoms with Crippen LogP contribution in [0.25, 0.3) is 6.08 Å². The first-order valence-corrected chi connectivity index (χ1v) is 6.07. The van der Waals surface area contributed by atoms with E-state index in [1.54, 1.807) is 0 Å². The highest BCUT2D eigenvalue weighted by molar-refractivity contribution is 6.58. The molecule has 1 saturated heterocycles. The Balaban J connectivity index is 2.42. The van der Waals surface area contributed by atoms with Gasteiger partial charge in [-0.05, 0) is 17.6 Å². The molecule has 0 atom stereocenters. The van der Waals surface area contributed by atoms with Gasteiger partial charge in [-0.3, -0.25) is 0 Å². The molecule has 0 aliphatic carbocycles. The maximum atomic E-state index is 11.8. The van der Waals surface area contributed by atoms with Gasteiger partial charge >= 0.3 is 19.1 Å². The number of benzene rings is 1. The van der Waals surface area contributed by atoms with E-state index in [1.807, 2.05) is 0 Å².